The Morgan fingerprint density at radius 3 is 2.43 bits per heavy atom. The topological polar surface area (TPSA) is 105 Å². The lowest BCUT2D eigenvalue weighted by molar-refractivity contribution is -0.385. The Bertz CT molecular complexity index is 596. The zero-order chi connectivity index (χ0) is 16.0. The molecule has 1 aromatic rings. The van der Waals surface area contributed by atoms with E-state index in [2.05, 4.69) is 38.0 Å². The summed E-state index contributed by atoms with van der Waals surface area (Å²) in [6, 6.07) is 1.03. The minimum Gasteiger partial charge on any atom is -0.478 e. The first-order valence-corrected chi connectivity index (χ1v) is 6.70. The fraction of sp³-hybridized carbons (Fsp3) is 0.571. The van der Waals surface area contributed by atoms with Gasteiger partial charge in [0, 0.05) is 12.6 Å². The molecule has 0 bridgehead atoms. The number of nitro groups is 1. The lowest BCUT2D eigenvalue weighted by atomic mass is 10.0. The molecule has 0 aromatic carbocycles. The third-order valence-corrected chi connectivity index (χ3v) is 5.11. The highest BCUT2D eigenvalue weighted by molar-refractivity contribution is 5.93. The van der Waals surface area contributed by atoms with Crippen LogP contribution in [0.25, 0.3) is 0 Å². The van der Waals surface area contributed by atoms with E-state index in [4.69, 9.17) is 5.11 Å². The number of hydrogen-bond acceptors (Lipinski definition) is 5. The summed E-state index contributed by atoms with van der Waals surface area (Å²) in [6.45, 7) is 9.26. The van der Waals surface area contributed by atoms with Gasteiger partial charge in [-0.2, -0.15) is 0 Å². The first-order valence-electron chi connectivity index (χ1n) is 6.70. The van der Waals surface area contributed by atoms with Gasteiger partial charge in [-0.3, -0.25) is 10.1 Å². The van der Waals surface area contributed by atoms with Gasteiger partial charge in [-0.15, -0.1) is 0 Å². The molecule has 1 aromatic heterocycles. The Morgan fingerprint density at radius 2 is 2.00 bits per heavy atom. The van der Waals surface area contributed by atoms with Gasteiger partial charge in [-0.05, 0) is 16.7 Å². The zero-order valence-electron chi connectivity index (χ0n) is 12.5. The monoisotopic (exact) mass is 293 g/mol. The van der Waals surface area contributed by atoms with E-state index in [1.54, 1.807) is 0 Å². The second kappa shape index (κ2) is 4.68. The Balaban J connectivity index is 2.18. The van der Waals surface area contributed by atoms with E-state index < -0.39 is 10.9 Å². The van der Waals surface area contributed by atoms with Gasteiger partial charge < -0.3 is 10.4 Å². The van der Waals surface area contributed by atoms with E-state index in [1.807, 2.05) is 0 Å². The third-order valence-electron chi connectivity index (χ3n) is 5.11. The van der Waals surface area contributed by atoms with Gasteiger partial charge in [-0.25, -0.2) is 9.78 Å². The van der Waals surface area contributed by atoms with Crippen LogP contribution in [-0.4, -0.2) is 27.5 Å². The lowest BCUT2D eigenvalue weighted by Crippen LogP contribution is -2.13. The van der Waals surface area contributed by atoms with Crippen molar-refractivity contribution in [3.8, 4) is 0 Å². The quantitative estimate of drug-likeness (QED) is 0.638. The average molecular weight is 293 g/mol. The number of carboxylic acid groups (broad SMARTS) is 1. The molecular formula is C14H19N3O4. The number of carboxylic acids is 1. The third kappa shape index (κ3) is 2.43. The zero-order valence-corrected chi connectivity index (χ0v) is 12.5. The molecule has 1 heterocycles. The molecule has 1 aliphatic carbocycles. The summed E-state index contributed by atoms with van der Waals surface area (Å²) in [4.78, 5) is 25.1. The summed E-state index contributed by atoms with van der Waals surface area (Å²) in [6.07, 6.45) is 1.07. The first kappa shape index (κ1) is 15.2. The molecule has 0 saturated heterocycles. The second-order valence-corrected chi connectivity index (χ2v) is 6.53. The van der Waals surface area contributed by atoms with Crippen molar-refractivity contribution in [1.82, 2.24) is 4.98 Å². The van der Waals surface area contributed by atoms with Crippen molar-refractivity contribution in [3.05, 3.63) is 27.9 Å². The van der Waals surface area contributed by atoms with Crippen molar-refractivity contribution in [2.24, 2.45) is 16.7 Å². The first-order chi connectivity index (χ1) is 9.59. The van der Waals surface area contributed by atoms with E-state index in [1.165, 1.54) is 0 Å². The maximum absolute atomic E-state index is 11.2. The minimum atomic E-state index is -1.23. The van der Waals surface area contributed by atoms with Crippen LogP contribution in [0.2, 0.25) is 0 Å². The van der Waals surface area contributed by atoms with Crippen molar-refractivity contribution in [1.29, 1.82) is 0 Å². The second-order valence-electron chi connectivity index (χ2n) is 6.53. The molecule has 1 fully saturated rings. The van der Waals surface area contributed by atoms with Crippen molar-refractivity contribution in [2.45, 2.75) is 27.7 Å². The Morgan fingerprint density at radius 1 is 1.43 bits per heavy atom. The molecule has 0 unspecified atom stereocenters. The molecule has 21 heavy (non-hydrogen) atoms. The predicted molar refractivity (Wildman–Crippen MR) is 77.4 cm³/mol. The van der Waals surface area contributed by atoms with Crippen LogP contribution in [0.3, 0.4) is 0 Å². The van der Waals surface area contributed by atoms with Crippen LogP contribution >= 0.6 is 0 Å². The summed E-state index contributed by atoms with van der Waals surface area (Å²) in [5.41, 5.74) is -0.167. The predicted octanol–water partition coefficient (Wildman–Crippen LogP) is 2.78. The minimum absolute atomic E-state index is 0.171. The summed E-state index contributed by atoms with van der Waals surface area (Å²) >= 11 is 0. The summed E-state index contributed by atoms with van der Waals surface area (Å²) in [5.74, 6) is -0.668. The molecular weight excluding hydrogens is 274 g/mol. The van der Waals surface area contributed by atoms with Crippen molar-refractivity contribution in [3.63, 3.8) is 0 Å². The number of aromatic nitrogens is 1. The fourth-order valence-corrected chi connectivity index (χ4v) is 2.90. The number of rotatable bonds is 5. The molecule has 0 amide bonds. The molecule has 7 heteroatoms. The van der Waals surface area contributed by atoms with Crippen LogP contribution in [0.4, 0.5) is 11.5 Å². The normalized spacial score (nSPS) is 19.0. The SMILES string of the molecule is CC1(C)C(CNc2ncc([N+](=O)[O-])cc2C(=O)O)C1(C)C. The van der Waals surface area contributed by atoms with E-state index in [0.717, 1.165) is 12.3 Å². The summed E-state index contributed by atoms with van der Waals surface area (Å²) < 4.78 is 0. The van der Waals surface area contributed by atoms with Gasteiger partial charge >= 0.3 is 5.97 Å². The molecule has 2 N–H and O–H groups in total. The highest BCUT2D eigenvalue weighted by Crippen LogP contribution is 2.68. The van der Waals surface area contributed by atoms with E-state index >= 15 is 0 Å². The smallest absolute Gasteiger partial charge is 0.339 e. The number of carbonyl (C=O) groups is 1. The number of pyridine rings is 1. The van der Waals surface area contributed by atoms with Gasteiger partial charge in [0.05, 0.1) is 4.92 Å². The molecule has 0 spiro atoms. The molecule has 1 aliphatic rings. The average Bonchev–Trinajstić information content (AvgIpc) is 2.76. The fourth-order valence-electron chi connectivity index (χ4n) is 2.90. The molecule has 1 saturated carbocycles. The Hall–Kier alpha value is -2.18. The Labute approximate surface area is 122 Å². The standard InChI is InChI=1S/C14H19N3O4/c1-13(2)10(14(13,3)4)7-16-11-9(12(18)19)5-8(6-15-11)17(20)21/h5-6,10H,7H2,1-4H3,(H,15,16)(H,18,19). The number of anilines is 1. The molecule has 7 nitrogen and oxygen atoms in total. The summed E-state index contributed by atoms with van der Waals surface area (Å²) in [5, 5.41) is 22.9. The van der Waals surface area contributed by atoms with Gasteiger partial charge in [0.1, 0.15) is 17.6 Å². The van der Waals surface area contributed by atoms with Crippen LogP contribution in [0, 0.1) is 26.9 Å². The maximum atomic E-state index is 11.2. The number of nitrogens with zero attached hydrogens (tertiary/aromatic N) is 2. The van der Waals surface area contributed by atoms with Crippen molar-refractivity contribution in [2.75, 3.05) is 11.9 Å². The lowest BCUT2D eigenvalue weighted by Gasteiger charge is -2.09. The largest absolute Gasteiger partial charge is 0.478 e. The highest BCUT2D eigenvalue weighted by Gasteiger charge is 2.64. The molecule has 0 aliphatic heterocycles. The van der Waals surface area contributed by atoms with E-state index in [-0.39, 0.29) is 27.9 Å². The van der Waals surface area contributed by atoms with Crippen molar-refractivity contribution < 1.29 is 14.8 Å². The maximum Gasteiger partial charge on any atom is 0.339 e. The van der Waals surface area contributed by atoms with Gasteiger partial charge in [0.25, 0.3) is 5.69 Å². The molecule has 2 rings (SSSR count). The van der Waals surface area contributed by atoms with E-state index in [0.29, 0.717) is 12.5 Å². The van der Waals surface area contributed by atoms with Crippen LogP contribution < -0.4 is 5.32 Å². The molecule has 114 valence electrons. The van der Waals surface area contributed by atoms with Gasteiger partial charge in [0.2, 0.25) is 0 Å². The van der Waals surface area contributed by atoms with E-state index in [9.17, 15) is 14.9 Å². The van der Waals surface area contributed by atoms with Crippen LogP contribution in [0.15, 0.2) is 12.3 Å². The Kier molecular flexibility index (Phi) is 3.39. The number of nitrogens with one attached hydrogen (secondary N) is 1. The molecule has 0 atom stereocenters. The van der Waals surface area contributed by atoms with Gasteiger partial charge in [0.15, 0.2) is 0 Å². The number of aromatic carboxylic acids is 1. The van der Waals surface area contributed by atoms with Crippen LogP contribution in [-0.2, 0) is 0 Å². The van der Waals surface area contributed by atoms with Crippen molar-refractivity contribution >= 4 is 17.5 Å². The van der Waals surface area contributed by atoms with Crippen LogP contribution in [0.1, 0.15) is 38.1 Å². The highest BCUT2D eigenvalue weighted by atomic mass is 16.6. The van der Waals surface area contributed by atoms with Crippen LogP contribution in [0.5, 0.6) is 0 Å². The summed E-state index contributed by atoms with van der Waals surface area (Å²) in [7, 11) is 0. The number of hydrogen-bond donors (Lipinski definition) is 2. The van der Waals surface area contributed by atoms with Gasteiger partial charge in [-0.1, -0.05) is 27.7 Å². The molecule has 0 radical (unpaired) electrons.